The van der Waals surface area contributed by atoms with Crippen LogP contribution in [0.4, 0.5) is 0 Å². The molecule has 0 saturated carbocycles. The maximum Gasteiger partial charge on any atom is 0.334 e. The molecule has 110 valence electrons. The fourth-order valence-electron chi connectivity index (χ4n) is 1.35. The molecule has 0 fully saturated rings. The van der Waals surface area contributed by atoms with Crippen molar-refractivity contribution in [2.45, 2.75) is 13.0 Å². The molecule has 1 rings (SSSR count). The normalized spacial score (nSPS) is 11.8. The van der Waals surface area contributed by atoms with Gasteiger partial charge in [-0.15, -0.1) is 0 Å². The number of aromatic nitrogens is 1. The van der Waals surface area contributed by atoms with Crippen molar-refractivity contribution < 1.29 is 24.2 Å². The highest BCUT2D eigenvalue weighted by Gasteiger charge is 2.18. The summed E-state index contributed by atoms with van der Waals surface area (Å²) in [5, 5.41) is 11.4. The van der Waals surface area contributed by atoms with Gasteiger partial charge in [0.2, 0.25) is 5.88 Å². The van der Waals surface area contributed by atoms with Gasteiger partial charge in [0.15, 0.2) is 6.10 Å². The molecule has 1 unspecified atom stereocenters. The number of hydrogen-bond donors (Lipinski definition) is 2. The molecular formula is C12H15ClN2O5. The van der Waals surface area contributed by atoms with Crippen LogP contribution in [0.25, 0.3) is 0 Å². The fourth-order valence-corrected chi connectivity index (χ4v) is 1.57. The smallest absolute Gasteiger partial charge is 0.334 e. The molecule has 1 aromatic heterocycles. The number of nitrogens with one attached hydrogen (secondary N) is 1. The first kappa shape index (κ1) is 16.2. The predicted molar refractivity (Wildman–Crippen MR) is 71.2 cm³/mol. The van der Waals surface area contributed by atoms with Crippen molar-refractivity contribution in [3.8, 4) is 5.88 Å². The maximum absolute atomic E-state index is 11.8. The number of carboxylic acids is 1. The van der Waals surface area contributed by atoms with E-state index in [4.69, 9.17) is 26.2 Å². The third-order valence-corrected chi connectivity index (χ3v) is 2.63. The quantitative estimate of drug-likeness (QED) is 0.778. The number of nitrogens with zero attached hydrogens (tertiary/aromatic N) is 1. The minimum Gasteiger partial charge on any atom is -0.479 e. The van der Waals surface area contributed by atoms with E-state index in [1.54, 1.807) is 6.92 Å². The average Bonchev–Trinajstić information content (AvgIpc) is 2.41. The number of aliphatic carboxylic acids is 1. The summed E-state index contributed by atoms with van der Waals surface area (Å²) < 4.78 is 9.84. The number of methoxy groups -OCH3 is 1. The molecule has 0 radical (unpaired) electrons. The number of halogens is 1. The lowest BCUT2D eigenvalue weighted by Crippen LogP contribution is -2.37. The number of carbonyl (C=O) groups is 2. The second-order valence-electron chi connectivity index (χ2n) is 3.72. The van der Waals surface area contributed by atoms with Crippen LogP contribution in [-0.4, -0.2) is 48.3 Å². The Bertz CT molecular complexity index is 495. The number of amides is 1. The summed E-state index contributed by atoms with van der Waals surface area (Å²) in [4.78, 5) is 26.4. The van der Waals surface area contributed by atoms with Gasteiger partial charge in [0.05, 0.1) is 18.7 Å². The van der Waals surface area contributed by atoms with Gasteiger partial charge >= 0.3 is 5.97 Å². The molecule has 0 bridgehead atoms. The van der Waals surface area contributed by atoms with Crippen molar-refractivity contribution in [3.63, 3.8) is 0 Å². The molecule has 1 aromatic rings. The molecule has 20 heavy (non-hydrogen) atoms. The number of ether oxygens (including phenoxy) is 2. The minimum absolute atomic E-state index is 0.157. The summed E-state index contributed by atoms with van der Waals surface area (Å²) in [5.41, 5.74) is 0.207. The van der Waals surface area contributed by atoms with Crippen molar-refractivity contribution >= 4 is 23.5 Å². The molecule has 1 heterocycles. The maximum atomic E-state index is 11.8. The van der Waals surface area contributed by atoms with E-state index in [1.807, 2.05) is 0 Å². The summed E-state index contributed by atoms with van der Waals surface area (Å²) >= 11 is 5.91. The third kappa shape index (κ3) is 4.36. The third-order valence-electron chi connectivity index (χ3n) is 2.36. The van der Waals surface area contributed by atoms with Gasteiger partial charge in [0.25, 0.3) is 5.91 Å². The lowest BCUT2D eigenvalue weighted by molar-refractivity contribution is -0.148. The zero-order valence-corrected chi connectivity index (χ0v) is 11.8. The monoisotopic (exact) mass is 302 g/mol. The second kappa shape index (κ2) is 7.66. The van der Waals surface area contributed by atoms with Gasteiger partial charge in [-0.2, -0.15) is 0 Å². The van der Waals surface area contributed by atoms with Gasteiger partial charge in [-0.25, -0.2) is 9.78 Å². The molecule has 0 spiro atoms. The molecule has 0 aliphatic rings. The van der Waals surface area contributed by atoms with Crippen LogP contribution in [0.3, 0.4) is 0 Å². The fraction of sp³-hybridized carbons (Fsp3) is 0.417. The van der Waals surface area contributed by atoms with E-state index in [1.165, 1.54) is 19.4 Å². The van der Waals surface area contributed by atoms with E-state index in [0.717, 1.165) is 0 Å². The largest absolute Gasteiger partial charge is 0.479 e. The first-order valence-electron chi connectivity index (χ1n) is 5.81. The van der Waals surface area contributed by atoms with Crippen molar-refractivity contribution in [2.75, 3.05) is 20.3 Å². The first-order valence-corrected chi connectivity index (χ1v) is 6.19. The van der Waals surface area contributed by atoms with Crippen LogP contribution in [0, 0.1) is 0 Å². The van der Waals surface area contributed by atoms with Crippen molar-refractivity contribution in [2.24, 2.45) is 0 Å². The van der Waals surface area contributed by atoms with Crippen molar-refractivity contribution in [1.29, 1.82) is 0 Å². The Morgan fingerprint density at radius 2 is 2.25 bits per heavy atom. The lowest BCUT2D eigenvalue weighted by atomic mass is 10.2. The molecule has 0 aromatic carbocycles. The molecule has 1 amide bonds. The highest BCUT2D eigenvalue weighted by Crippen LogP contribution is 2.22. The molecule has 8 heteroatoms. The van der Waals surface area contributed by atoms with E-state index in [-0.39, 0.29) is 23.0 Å². The summed E-state index contributed by atoms with van der Waals surface area (Å²) in [6.45, 7) is 2.04. The minimum atomic E-state index is -1.16. The van der Waals surface area contributed by atoms with Crippen LogP contribution in [0.2, 0.25) is 5.02 Å². The van der Waals surface area contributed by atoms with Crippen LogP contribution in [0.5, 0.6) is 5.88 Å². The second-order valence-corrected chi connectivity index (χ2v) is 4.12. The number of carbonyl (C=O) groups excluding carboxylic acids is 1. The number of carboxylic acid groups (broad SMARTS) is 1. The number of pyridine rings is 1. The van der Waals surface area contributed by atoms with Gasteiger partial charge in [-0.1, -0.05) is 11.6 Å². The van der Waals surface area contributed by atoms with Crippen LogP contribution >= 0.6 is 11.6 Å². The summed E-state index contributed by atoms with van der Waals surface area (Å²) in [6.07, 6.45) is 0.194. The van der Waals surface area contributed by atoms with Gasteiger partial charge in [0.1, 0.15) is 5.02 Å². The Kier molecular flexibility index (Phi) is 6.20. The predicted octanol–water partition coefficient (Wildman–Crippen LogP) is 0.963. The molecule has 0 aliphatic carbocycles. The van der Waals surface area contributed by atoms with Gasteiger partial charge in [-0.3, -0.25) is 4.79 Å². The Labute approximate surface area is 120 Å². The van der Waals surface area contributed by atoms with Gasteiger partial charge in [-0.05, 0) is 13.0 Å². The SMILES string of the molecule is CCOc1ncc(C(=O)NCC(OC)C(=O)O)cc1Cl. The Morgan fingerprint density at radius 1 is 1.55 bits per heavy atom. The van der Waals surface area contributed by atoms with Crippen molar-refractivity contribution in [1.82, 2.24) is 10.3 Å². The Balaban J connectivity index is 2.68. The molecule has 7 nitrogen and oxygen atoms in total. The number of rotatable bonds is 7. The van der Waals surface area contributed by atoms with E-state index < -0.39 is 18.0 Å². The Hall–Kier alpha value is -1.86. The number of hydrogen-bond acceptors (Lipinski definition) is 5. The van der Waals surface area contributed by atoms with E-state index >= 15 is 0 Å². The topological polar surface area (TPSA) is 97.8 Å². The first-order chi connectivity index (χ1) is 9.49. The average molecular weight is 303 g/mol. The standard InChI is InChI=1S/C12H15ClN2O5/c1-3-20-11-8(13)4-7(5-15-11)10(16)14-6-9(19-2)12(17)18/h4-5,9H,3,6H2,1-2H3,(H,14,16)(H,17,18). The van der Waals surface area contributed by atoms with Crippen LogP contribution < -0.4 is 10.1 Å². The molecule has 0 aliphatic heterocycles. The molecular weight excluding hydrogens is 288 g/mol. The van der Waals surface area contributed by atoms with Gasteiger partial charge < -0.3 is 19.9 Å². The summed E-state index contributed by atoms with van der Waals surface area (Å²) in [6, 6.07) is 1.40. The van der Waals surface area contributed by atoms with E-state index in [2.05, 4.69) is 10.3 Å². The van der Waals surface area contributed by atoms with E-state index in [9.17, 15) is 9.59 Å². The van der Waals surface area contributed by atoms with Crippen LogP contribution in [0.1, 0.15) is 17.3 Å². The Morgan fingerprint density at radius 3 is 2.75 bits per heavy atom. The molecule has 0 saturated heterocycles. The zero-order valence-electron chi connectivity index (χ0n) is 11.1. The van der Waals surface area contributed by atoms with Gasteiger partial charge in [0, 0.05) is 13.3 Å². The van der Waals surface area contributed by atoms with E-state index in [0.29, 0.717) is 6.61 Å². The molecule has 1 atom stereocenters. The van der Waals surface area contributed by atoms with Crippen LogP contribution in [0.15, 0.2) is 12.3 Å². The molecule has 2 N–H and O–H groups in total. The summed E-state index contributed by atoms with van der Waals surface area (Å²) in [5.74, 6) is -1.41. The lowest BCUT2D eigenvalue weighted by Gasteiger charge is -2.12. The highest BCUT2D eigenvalue weighted by atomic mass is 35.5. The van der Waals surface area contributed by atoms with Crippen molar-refractivity contribution in [3.05, 3.63) is 22.8 Å². The highest BCUT2D eigenvalue weighted by molar-refractivity contribution is 6.32. The van der Waals surface area contributed by atoms with Crippen LogP contribution in [-0.2, 0) is 9.53 Å². The zero-order chi connectivity index (χ0) is 15.1. The summed E-state index contributed by atoms with van der Waals surface area (Å²) in [7, 11) is 1.25.